The van der Waals surface area contributed by atoms with Crippen molar-refractivity contribution in [2.75, 3.05) is 20.8 Å². The van der Waals surface area contributed by atoms with Crippen molar-refractivity contribution in [3.63, 3.8) is 0 Å². The first-order valence-electron chi connectivity index (χ1n) is 9.59. The summed E-state index contributed by atoms with van der Waals surface area (Å²) >= 11 is 0.872. The molecule has 0 aromatic rings. The van der Waals surface area contributed by atoms with Crippen molar-refractivity contribution in [2.45, 2.75) is 58.0 Å². The predicted octanol–water partition coefficient (Wildman–Crippen LogP) is 2.62. The number of esters is 2. The molecule has 1 unspecified atom stereocenters. The van der Waals surface area contributed by atoms with Gasteiger partial charge >= 0.3 is 11.9 Å². The normalized spacial score (nSPS) is 27.0. The lowest BCUT2D eigenvalue weighted by molar-refractivity contribution is -0.347. The molecule has 3 atom stereocenters. The van der Waals surface area contributed by atoms with Crippen LogP contribution in [-0.4, -0.2) is 59.2 Å². The molecule has 0 saturated carbocycles. The minimum atomic E-state index is -1.44. The molecular formula is C19H30BO7S. The summed E-state index contributed by atoms with van der Waals surface area (Å²) < 4.78 is 35.4. The van der Waals surface area contributed by atoms with E-state index in [9.17, 15) is 9.59 Å². The maximum atomic E-state index is 12.2. The molecule has 0 N–H and O–H groups in total. The van der Waals surface area contributed by atoms with Crippen molar-refractivity contribution in [1.29, 1.82) is 1.34 Å². The molecule has 0 bridgehead atoms. The van der Waals surface area contributed by atoms with Gasteiger partial charge in [-0.2, -0.15) is 0 Å². The second kappa shape index (κ2) is 11.0. The van der Waals surface area contributed by atoms with E-state index in [0.29, 0.717) is 18.4 Å². The van der Waals surface area contributed by atoms with Crippen LogP contribution >= 0.6 is 11.9 Å². The van der Waals surface area contributed by atoms with E-state index in [1.165, 1.54) is 20.3 Å². The van der Waals surface area contributed by atoms with E-state index in [4.69, 9.17) is 24.5 Å². The third-order valence-corrected chi connectivity index (χ3v) is 4.95. The Hall–Kier alpha value is -1.29. The van der Waals surface area contributed by atoms with Gasteiger partial charge in [-0.1, -0.05) is 38.7 Å². The van der Waals surface area contributed by atoms with Gasteiger partial charge in [0.25, 0.3) is 0 Å². The van der Waals surface area contributed by atoms with Gasteiger partial charge in [0.1, 0.15) is 0 Å². The van der Waals surface area contributed by atoms with Crippen LogP contribution in [0, 0.1) is 5.41 Å². The molecule has 1 heterocycles. The van der Waals surface area contributed by atoms with Gasteiger partial charge in [0.2, 0.25) is 12.9 Å². The molecule has 1 rings (SSSR count). The van der Waals surface area contributed by atoms with E-state index >= 15 is 0 Å². The maximum absolute atomic E-state index is 12.2. The highest BCUT2D eigenvalue weighted by Gasteiger charge is 2.59. The second-order valence-corrected chi connectivity index (χ2v) is 7.48. The van der Waals surface area contributed by atoms with E-state index in [0.717, 1.165) is 19.0 Å². The van der Waals surface area contributed by atoms with Crippen LogP contribution in [0.1, 0.15) is 40.0 Å². The standard InChI is InChI=1S/C19H30BO7S/c1-7-9-14-10-13(11-16(22)23-5)17(26-15(21)8-2)19(24-6,27-14)18(3,4)12-25-28-20/h7,11,14,17,20H,1,8-10,12H2,2-6H3/t14?,17-,19+/m0/s1/i20T. The van der Waals surface area contributed by atoms with Gasteiger partial charge in [-0.3, -0.25) is 4.79 Å². The lowest BCUT2D eigenvalue weighted by Crippen LogP contribution is -2.64. The highest BCUT2D eigenvalue weighted by atomic mass is 32.2. The van der Waals surface area contributed by atoms with Crippen molar-refractivity contribution < 1.29 is 32.7 Å². The highest BCUT2D eigenvalue weighted by molar-refractivity contribution is 8.15. The Labute approximate surface area is 174 Å². The Morgan fingerprint density at radius 2 is 2.21 bits per heavy atom. The fraction of sp³-hybridized carbons (Fsp3) is 0.684. The van der Waals surface area contributed by atoms with E-state index in [-0.39, 0.29) is 19.1 Å². The smallest absolute Gasteiger partial charge is 0.330 e. The quantitative estimate of drug-likeness (QED) is 0.127. The molecule has 1 saturated heterocycles. The number of carbonyl (C=O) groups excluding carboxylic acids is 2. The summed E-state index contributed by atoms with van der Waals surface area (Å²) in [5.74, 6) is -2.45. The summed E-state index contributed by atoms with van der Waals surface area (Å²) in [6.07, 6.45) is 2.71. The SMILES string of the molecule is [3H][B]SOCC(C)(C)[C@]1(OC)OC(CC=C)CC(=CC(=O)OC)[C@@H]1OC(=O)CC. The molecule has 1 fully saturated rings. The van der Waals surface area contributed by atoms with Crippen LogP contribution in [0.3, 0.4) is 0 Å². The molecule has 1 aliphatic rings. The average Bonchev–Trinajstić information content (AvgIpc) is 2.69. The number of methoxy groups -OCH3 is 2. The number of rotatable bonds is 11. The topological polar surface area (TPSA) is 80.3 Å². The number of hydrogen-bond acceptors (Lipinski definition) is 8. The van der Waals surface area contributed by atoms with E-state index in [2.05, 4.69) is 6.58 Å². The predicted molar refractivity (Wildman–Crippen MR) is 109 cm³/mol. The largest absolute Gasteiger partial charge is 0.466 e. The zero-order valence-corrected chi connectivity index (χ0v) is 18.0. The molecule has 1 aliphatic heterocycles. The van der Waals surface area contributed by atoms with Crippen LogP contribution in [0.15, 0.2) is 24.3 Å². The van der Waals surface area contributed by atoms with Crippen molar-refractivity contribution in [3.05, 3.63) is 24.3 Å². The minimum Gasteiger partial charge on any atom is -0.466 e. The molecular weight excluding hydrogens is 383 g/mol. The van der Waals surface area contributed by atoms with Crippen molar-refractivity contribution in [1.82, 2.24) is 0 Å². The molecule has 157 valence electrons. The Morgan fingerprint density at radius 1 is 1.50 bits per heavy atom. The first-order valence-corrected chi connectivity index (χ1v) is 9.81. The zero-order valence-electron chi connectivity index (χ0n) is 18.2. The van der Waals surface area contributed by atoms with Gasteiger partial charge in [-0.25, -0.2) is 4.79 Å². The first-order chi connectivity index (χ1) is 13.7. The molecule has 7 nitrogen and oxygen atoms in total. The van der Waals surface area contributed by atoms with Crippen LogP contribution in [0.25, 0.3) is 0 Å². The summed E-state index contributed by atoms with van der Waals surface area (Å²) in [4.78, 5) is 24.2. The van der Waals surface area contributed by atoms with E-state index < -0.39 is 29.2 Å². The average molecular weight is 415 g/mol. The summed E-state index contributed by atoms with van der Waals surface area (Å²) in [6, 6.07) is 0. The molecule has 0 amide bonds. The fourth-order valence-electron chi connectivity index (χ4n) is 3.22. The fourth-order valence-corrected chi connectivity index (χ4v) is 3.59. The maximum Gasteiger partial charge on any atom is 0.330 e. The molecule has 0 aromatic heterocycles. The lowest BCUT2D eigenvalue weighted by Gasteiger charge is -2.53. The summed E-state index contributed by atoms with van der Waals surface area (Å²) in [5, 5.41) is 0. The van der Waals surface area contributed by atoms with Gasteiger partial charge in [-0.05, 0) is 19.8 Å². The van der Waals surface area contributed by atoms with Gasteiger partial charge in [-0.15, -0.1) is 6.58 Å². The Kier molecular flexibility index (Phi) is 9.07. The van der Waals surface area contributed by atoms with Crippen LogP contribution in [-0.2, 0) is 32.7 Å². The van der Waals surface area contributed by atoms with Gasteiger partial charge in [0, 0.05) is 25.0 Å². The first kappa shape index (κ1) is 23.0. The summed E-state index contributed by atoms with van der Waals surface area (Å²) in [6.45, 7) is 9.27. The summed E-state index contributed by atoms with van der Waals surface area (Å²) in [7, 11) is 3.81. The van der Waals surface area contributed by atoms with Crippen molar-refractivity contribution in [3.8, 4) is 0 Å². The Balaban J connectivity index is 3.51. The Morgan fingerprint density at radius 3 is 2.75 bits per heavy atom. The molecule has 9 heteroatoms. The third-order valence-electron chi connectivity index (χ3n) is 4.69. The Bertz CT molecular complexity index is 613. The van der Waals surface area contributed by atoms with Crippen LogP contribution < -0.4 is 0 Å². The highest BCUT2D eigenvalue weighted by Crippen LogP contribution is 2.48. The van der Waals surface area contributed by atoms with Crippen LogP contribution in [0.4, 0.5) is 0 Å². The molecule has 0 aromatic carbocycles. The van der Waals surface area contributed by atoms with E-state index in [1.54, 1.807) is 13.0 Å². The lowest BCUT2D eigenvalue weighted by atomic mass is 9.75. The monoisotopic (exact) mass is 415 g/mol. The van der Waals surface area contributed by atoms with Gasteiger partial charge in [0.05, 0.1) is 19.8 Å². The van der Waals surface area contributed by atoms with E-state index in [1.807, 2.05) is 13.8 Å². The second-order valence-electron chi connectivity index (χ2n) is 7.05. The molecule has 0 spiro atoms. The number of carbonyl (C=O) groups is 2. The number of ether oxygens (including phenoxy) is 4. The van der Waals surface area contributed by atoms with Gasteiger partial charge in [0.15, 0.2) is 6.10 Å². The minimum absolute atomic E-state index is 0.132. The van der Waals surface area contributed by atoms with Crippen molar-refractivity contribution >= 4 is 30.9 Å². The van der Waals surface area contributed by atoms with Crippen LogP contribution in [0.5, 0.6) is 0 Å². The molecule has 28 heavy (non-hydrogen) atoms. The van der Waals surface area contributed by atoms with Crippen LogP contribution in [0.2, 0.25) is 0 Å². The number of hydrogen-bond donors (Lipinski definition) is 0. The van der Waals surface area contributed by atoms with Gasteiger partial charge < -0.3 is 23.1 Å². The molecule has 0 aliphatic carbocycles. The van der Waals surface area contributed by atoms with Crippen molar-refractivity contribution in [2.24, 2.45) is 5.41 Å². The summed E-state index contributed by atoms with van der Waals surface area (Å²) in [5.41, 5.74) is -0.294. The third kappa shape index (κ3) is 5.62. The zero-order chi connectivity index (χ0) is 22.1. The molecule has 1 radical (unpaired) electrons.